The Labute approximate surface area is 195 Å². The van der Waals surface area contributed by atoms with Gasteiger partial charge < -0.3 is 39.4 Å². The number of ether oxygens (including phenoxy) is 5. The topological polar surface area (TPSA) is 125 Å². The van der Waals surface area contributed by atoms with Crippen LogP contribution in [0, 0.1) is 0 Å². The van der Waals surface area contributed by atoms with Gasteiger partial charge in [-0.2, -0.15) is 0 Å². The molecule has 0 spiro atoms. The van der Waals surface area contributed by atoms with E-state index in [1.54, 1.807) is 27.7 Å². The fourth-order valence-corrected chi connectivity index (χ4v) is 3.09. The van der Waals surface area contributed by atoms with Crippen LogP contribution in [0.2, 0.25) is 0 Å². The van der Waals surface area contributed by atoms with E-state index in [0.29, 0.717) is 5.75 Å². The molecular formula is C23H38N2O8. The number of amides is 2. The maximum absolute atomic E-state index is 13.1. The molecule has 0 unspecified atom stereocenters. The summed E-state index contributed by atoms with van der Waals surface area (Å²) in [7, 11) is 4.26. The fourth-order valence-electron chi connectivity index (χ4n) is 3.09. The number of hydrogen-bond donors (Lipinski definition) is 3. The van der Waals surface area contributed by atoms with E-state index in [1.165, 1.54) is 27.4 Å². The Hall–Kier alpha value is -2.88. The zero-order chi connectivity index (χ0) is 25.6. The summed E-state index contributed by atoms with van der Waals surface area (Å²) in [6.45, 7) is 12.3. The number of hydrogen-bond acceptors (Lipinski definition) is 8. The second-order valence-corrected chi connectivity index (χ2v) is 9.42. The highest BCUT2D eigenvalue weighted by Crippen LogP contribution is 2.43. The van der Waals surface area contributed by atoms with Crippen LogP contribution in [0.25, 0.3) is 0 Å². The quantitative estimate of drug-likeness (QED) is 0.503. The number of benzene rings is 1. The molecule has 1 rings (SSSR count). The molecule has 0 aliphatic rings. The van der Waals surface area contributed by atoms with Crippen LogP contribution in [-0.4, -0.2) is 61.8 Å². The van der Waals surface area contributed by atoms with Crippen molar-refractivity contribution in [3.05, 3.63) is 11.6 Å². The summed E-state index contributed by atoms with van der Waals surface area (Å²) >= 11 is 0. The highest BCUT2D eigenvalue weighted by Gasteiger charge is 2.32. The van der Waals surface area contributed by atoms with Gasteiger partial charge in [-0.05, 0) is 48.5 Å². The van der Waals surface area contributed by atoms with E-state index >= 15 is 0 Å². The van der Waals surface area contributed by atoms with Crippen molar-refractivity contribution in [2.75, 3.05) is 21.3 Å². The number of alkyl carbamates (subject to hydrolysis) is 1. The minimum atomic E-state index is -1.07. The second-order valence-electron chi connectivity index (χ2n) is 9.42. The minimum absolute atomic E-state index is 0.129. The number of phenolic OH excluding ortho intramolecular Hbond substituents is 1. The van der Waals surface area contributed by atoms with Crippen LogP contribution in [0.3, 0.4) is 0 Å². The average molecular weight is 471 g/mol. The SMILES string of the molecule is COc1cc(OC)c(OC)c(CNC(=O)[C@@H](NC(=O)OC(C)(C)C)[C@@H](C)OC(C)(C)C)c1O. The number of carbonyl (C=O) groups excluding carboxylic acids is 2. The summed E-state index contributed by atoms with van der Waals surface area (Å²) in [6, 6.07) is 0.408. The molecule has 10 nitrogen and oxygen atoms in total. The van der Waals surface area contributed by atoms with Gasteiger partial charge in [-0.15, -0.1) is 0 Å². The molecule has 33 heavy (non-hydrogen) atoms. The molecule has 10 heteroatoms. The molecule has 0 aromatic heterocycles. The molecule has 0 saturated heterocycles. The molecule has 2 atom stereocenters. The number of methoxy groups -OCH3 is 3. The van der Waals surface area contributed by atoms with Gasteiger partial charge in [0.15, 0.2) is 23.0 Å². The molecule has 0 heterocycles. The van der Waals surface area contributed by atoms with E-state index in [0.717, 1.165) is 0 Å². The highest BCUT2D eigenvalue weighted by atomic mass is 16.6. The zero-order valence-corrected chi connectivity index (χ0v) is 21.2. The number of aromatic hydroxyl groups is 1. The number of carbonyl (C=O) groups is 2. The molecule has 0 radical (unpaired) electrons. The van der Waals surface area contributed by atoms with Gasteiger partial charge in [-0.25, -0.2) is 4.79 Å². The predicted molar refractivity (Wildman–Crippen MR) is 123 cm³/mol. The third kappa shape index (κ3) is 8.53. The molecule has 188 valence electrons. The minimum Gasteiger partial charge on any atom is -0.504 e. The van der Waals surface area contributed by atoms with Crippen LogP contribution in [0.1, 0.15) is 54.0 Å². The monoisotopic (exact) mass is 470 g/mol. The molecule has 0 bridgehead atoms. The van der Waals surface area contributed by atoms with Crippen LogP contribution in [0.4, 0.5) is 4.79 Å². The highest BCUT2D eigenvalue weighted by molar-refractivity contribution is 5.86. The first-order valence-corrected chi connectivity index (χ1v) is 10.6. The summed E-state index contributed by atoms with van der Waals surface area (Å²) in [5.41, 5.74) is -1.05. The van der Waals surface area contributed by atoms with E-state index in [9.17, 15) is 14.7 Å². The zero-order valence-electron chi connectivity index (χ0n) is 21.2. The van der Waals surface area contributed by atoms with Gasteiger partial charge in [0.25, 0.3) is 0 Å². The van der Waals surface area contributed by atoms with Gasteiger partial charge in [0, 0.05) is 6.07 Å². The maximum Gasteiger partial charge on any atom is 0.408 e. The van der Waals surface area contributed by atoms with Gasteiger partial charge in [-0.1, -0.05) is 0 Å². The molecule has 3 N–H and O–H groups in total. The fraction of sp³-hybridized carbons (Fsp3) is 0.652. The van der Waals surface area contributed by atoms with Crippen LogP contribution in [-0.2, 0) is 20.8 Å². The normalized spacial score (nSPS) is 13.5. The molecule has 0 fully saturated rings. The molecule has 1 aromatic carbocycles. The van der Waals surface area contributed by atoms with E-state index in [-0.39, 0.29) is 29.4 Å². The smallest absolute Gasteiger partial charge is 0.408 e. The Morgan fingerprint density at radius 2 is 1.55 bits per heavy atom. The average Bonchev–Trinajstić information content (AvgIpc) is 2.67. The van der Waals surface area contributed by atoms with E-state index in [1.807, 2.05) is 20.8 Å². The van der Waals surface area contributed by atoms with Crippen molar-refractivity contribution in [3.63, 3.8) is 0 Å². The first kappa shape index (κ1) is 28.2. The number of rotatable bonds is 9. The molecule has 0 aliphatic carbocycles. The van der Waals surface area contributed by atoms with Crippen molar-refractivity contribution in [2.24, 2.45) is 0 Å². The molecule has 2 amide bonds. The Morgan fingerprint density at radius 3 is 2.00 bits per heavy atom. The third-order valence-electron chi connectivity index (χ3n) is 4.33. The Kier molecular flexibility index (Phi) is 9.65. The summed E-state index contributed by atoms with van der Waals surface area (Å²) in [4.78, 5) is 25.5. The summed E-state index contributed by atoms with van der Waals surface area (Å²) < 4.78 is 27.0. The number of phenols is 1. The van der Waals surface area contributed by atoms with Crippen molar-refractivity contribution in [1.29, 1.82) is 0 Å². The first-order chi connectivity index (χ1) is 15.1. The van der Waals surface area contributed by atoms with E-state index in [4.69, 9.17) is 23.7 Å². The molecule has 0 saturated carbocycles. The third-order valence-corrected chi connectivity index (χ3v) is 4.33. The Balaban J connectivity index is 3.18. The van der Waals surface area contributed by atoms with Crippen molar-refractivity contribution < 1.29 is 38.4 Å². The van der Waals surface area contributed by atoms with E-state index in [2.05, 4.69) is 10.6 Å². The second kappa shape index (κ2) is 11.3. The molecule has 1 aromatic rings. The molecular weight excluding hydrogens is 432 g/mol. The van der Waals surface area contributed by atoms with Gasteiger partial charge in [0.05, 0.1) is 45.1 Å². The summed E-state index contributed by atoms with van der Waals surface area (Å²) in [5, 5.41) is 15.9. The van der Waals surface area contributed by atoms with Crippen molar-refractivity contribution in [3.8, 4) is 23.0 Å². The van der Waals surface area contributed by atoms with Crippen molar-refractivity contribution >= 4 is 12.0 Å². The van der Waals surface area contributed by atoms with Gasteiger partial charge >= 0.3 is 6.09 Å². The van der Waals surface area contributed by atoms with Crippen LogP contribution >= 0.6 is 0 Å². The lowest BCUT2D eigenvalue weighted by Crippen LogP contribution is -2.55. The number of nitrogens with one attached hydrogen (secondary N) is 2. The van der Waals surface area contributed by atoms with Gasteiger partial charge in [0.1, 0.15) is 11.6 Å². The Morgan fingerprint density at radius 1 is 0.970 bits per heavy atom. The summed E-state index contributed by atoms with van der Waals surface area (Å²) in [6.07, 6.45) is -1.44. The standard InChI is InChI=1S/C23H38N2O8/c1-13(32-22(2,3)4)17(25-21(28)33-23(5,6)7)20(27)24-12-14-18(26)15(29-8)11-16(30-9)19(14)31-10/h11,13,17,26H,12H2,1-10H3,(H,24,27)(H,25,28)/t13-,17+/m1/s1. The van der Waals surface area contributed by atoms with Gasteiger partial charge in [0.2, 0.25) is 5.91 Å². The lowest BCUT2D eigenvalue weighted by atomic mass is 10.1. The van der Waals surface area contributed by atoms with Crippen molar-refractivity contribution in [1.82, 2.24) is 10.6 Å². The maximum atomic E-state index is 13.1. The van der Waals surface area contributed by atoms with E-state index < -0.39 is 35.3 Å². The van der Waals surface area contributed by atoms with Gasteiger partial charge in [-0.3, -0.25) is 4.79 Å². The summed E-state index contributed by atoms with van der Waals surface area (Å²) in [5.74, 6) is -0.0206. The first-order valence-electron chi connectivity index (χ1n) is 10.6. The van der Waals surface area contributed by atoms with Crippen LogP contribution in [0.15, 0.2) is 6.07 Å². The van der Waals surface area contributed by atoms with Crippen molar-refractivity contribution in [2.45, 2.75) is 78.4 Å². The van der Waals surface area contributed by atoms with Crippen LogP contribution < -0.4 is 24.8 Å². The Bertz CT molecular complexity index is 827. The predicted octanol–water partition coefficient (Wildman–Crippen LogP) is 3.13. The largest absolute Gasteiger partial charge is 0.504 e. The lowest BCUT2D eigenvalue weighted by Gasteiger charge is -2.31. The van der Waals surface area contributed by atoms with Crippen LogP contribution in [0.5, 0.6) is 23.0 Å². The molecule has 0 aliphatic heterocycles. The lowest BCUT2D eigenvalue weighted by molar-refractivity contribution is -0.131.